The van der Waals surface area contributed by atoms with Crippen molar-refractivity contribution in [2.24, 2.45) is 0 Å². The summed E-state index contributed by atoms with van der Waals surface area (Å²) in [6, 6.07) is 22.2. The van der Waals surface area contributed by atoms with E-state index in [-0.39, 0.29) is 31.9 Å². The van der Waals surface area contributed by atoms with Gasteiger partial charge < -0.3 is 27.4 Å². The molecule has 0 saturated carbocycles. The molecule has 0 aromatic carbocycles. The minimum atomic E-state index is 0. The zero-order valence-corrected chi connectivity index (χ0v) is 16.3. The Morgan fingerprint density at radius 3 is 0.846 bits per heavy atom. The van der Waals surface area contributed by atoms with Crippen LogP contribution in [0.5, 0.6) is 0 Å². The van der Waals surface area contributed by atoms with Gasteiger partial charge in [-0.05, 0) is 12.1 Å². The van der Waals surface area contributed by atoms with Gasteiger partial charge in [0.2, 0.25) is 0 Å². The van der Waals surface area contributed by atoms with Gasteiger partial charge in [-0.15, -0.1) is 0 Å². The van der Waals surface area contributed by atoms with Crippen LogP contribution in [0.3, 0.4) is 0 Å². The third-order valence-electron chi connectivity index (χ3n) is 2.12. The summed E-state index contributed by atoms with van der Waals surface area (Å²) >= 11 is 0. The van der Waals surface area contributed by atoms with E-state index in [1.165, 1.54) is 0 Å². The average molecular weight is 450 g/mol. The first-order chi connectivity index (χ1) is 12.0. The molecule has 0 fully saturated rings. The summed E-state index contributed by atoms with van der Waals surface area (Å²) in [5, 5.41) is 0. The van der Waals surface area contributed by atoms with Crippen LogP contribution in [0.1, 0.15) is 0 Å². The minimum Gasteiger partial charge on any atom is -1.00 e. The van der Waals surface area contributed by atoms with Crippen LogP contribution in [0.25, 0.3) is 0 Å². The Balaban J connectivity index is 0. The summed E-state index contributed by atoms with van der Waals surface area (Å²) in [5.41, 5.74) is 0. The van der Waals surface area contributed by atoms with Gasteiger partial charge in [-0.1, -0.05) is 43.2 Å². The van der Waals surface area contributed by atoms with E-state index in [0.29, 0.717) is 0 Å². The third-order valence-corrected chi connectivity index (χ3v) is 2.12. The van der Waals surface area contributed by atoms with E-state index >= 15 is 0 Å². The van der Waals surface area contributed by atoms with Gasteiger partial charge in [-0.3, -0.25) is 4.98 Å². The fraction of sp³-hybridized carbons (Fsp3) is 0. The molecule has 0 N–H and O–H groups in total. The Kier molecular flexibility index (Phi) is 22.3. The monoisotopic (exact) mass is 450 g/mol. The molecule has 0 radical (unpaired) electrons. The van der Waals surface area contributed by atoms with Crippen molar-refractivity contribution in [3.05, 3.63) is 122 Å². The normalized spacial score (nSPS) is 7.38. The predicted octanol–water partition coefficient (Wildman–Crippen LogP) is 0.728. The maximum absolute atomic E-state index is 3.78. The van der Waals surface area contributed by atoms with Gasteiger partial charge >= 0.3 is 19.5 Å². The first kappa shape index (κ1) is 25.8. The van der Waals surface area contributed by atoms with E-state index in [0.717, 1.165) is 0 Å². The van der Waals surface area contributed by atoms with Crippen molar-refractivity contribution >= 4 is 0 Å². The average Bonchev–Trinajstić information content (AvgIpc) is 2.75. The fourth-order valence-electron chi connectivity index (χ4n) is 1.14. The summed E-state index contributed by atoms with van der Waals surface area (Å²) in [4.78, 5) is 14.8. The topological polar surface area (TPSA) is 51.6 Å². The Bertz CT molecular complexity index is 442. The fourth-order valence-corrected chi connectivity index (χ4v) is 1.14. The Morgan fingerprint density at radius 1 is 0.423 bits per heavy atom. The number of rotatable bonds is 0. The molecule has 0 amide bonds. The number of hydrogen-bond donors (Lipinski definition) is 0. The standard InChI is InChI=1S/C5H5N.3C5H4N.ClH.Ru/c4*1-2-4-6-5-3-1;;/h1-5H;3*1-4H;1H;/q;3*-1;;+4/p-1. The molecule has 4 nitrogen and oxygen atoms in total. The van der Waals surface area contributed by atoms with Crippen molar-refractivity contribution in [2.75, 3.05) is 0 Å². The van der Waals surface area contributed by atoms with Crippen molar-refractivity contribution in [3.8, 4) is 0 Å². The number of halogens is 1. The van der Waals surface area contributed by atoms with E-state index in [9.17, 15) is 0 Å². The predicted molar refractivity (Wildman–Crippen MR) is 93.5 cm³/mol. The summed E-state index contributed by atoms with van der Waals surface area (Å²) in [7, 11) is 0. The molecule has 4 heterocycles. The van der Waals surface area contributed by atoms with Gasteiger partial charge in [0.15, 0.2) is 0 Å². The molecule has 4 aromatic heterocycles. The maximum Gasteiger partial charge on any atom is 4.00 e. The zero-order chi connectivity index (χ0) is 17.0. The summed E-state index contributed by atoms with van der Waals surface area (Å²) in [6.07, 6.45) is 16.5. The van der Waals surface area contributed by atoms with Crippen LogP contribution < -0.4 is 12.4 Å². The molecule has 0 saturated heterocycles. The number of pyridine rings is 4. The van der Waals surface area contributed by atoms with Crippen LogP contribution in [0, 0.1) is 18.6 Å². The molecule has 4 aromatic rings. The van der Waals surface area contributed by atoms with E-state index in [2.05, 4.69) is 38.5 Å². The second kappa shape index (κ2) is 22.5. The molecule has 0 bridgehead atoms. The molecule has 132 valence electrons. The first-order valence-electron chi connectivity index (χ1n) is 7.16. The van der Waals surface area contributed by atoms with Gasteiger partial charge in [-0.25, -0.2) is 0 Å². The molecule has 0 spiro atoms. The van der Waals surface area contributed by atoms with Gasteiger partial charge in [-0.2, -0.15) is 54.6 Å². The third kappa shape index (κ3) is 19.6. The maximum atomic E-state index is 3.78. The van der Waals surface area contributed by atoms with Gasteiger partial charge in [0.25, 0.3) is 0 Å². The van der Waals surface area contributed by atoms with E-state index in [4.69, 9.17) is 0 Å². The number of aromatic nitrogens is 4. The first-order valence-corrected chi connectivity index (χ1v) is 7.16. The summed E-state index contributed by atoms with van der Waals surface area (Å²) in [6.45, 7) is 0. The molecule has 0 aliphatic heterocycles. The zero-order valence-electron chi connectivity index (χ0n) is 13.8. The Labute approximate surface area is 174 Å². The van der Waals surface area contributed by atoms with Crippen LogP contribution in [-0.2, 0) is 19.5 Å². The Morgan fingerprint density at radius 2 is 0.769 bits per heavy atom. The van der Waals surface area contributed by atoms with Gasteiger partial charge in [0.05, 0.1) is 0 Å². The van der Waals surface area contributed by atoms with Gasteiger partial charge in [0.1, 0.15) is 0 Å². The van der Waals surface area contributed by atoms with Crippen LogP contribution in [0.2, 0.25) is 0 Å². The van der Waals surface area contributed by atoms with Crippen molar-refractivity contribution < 1.29 is 31.9 Å². The van der Waals surface area contributed by atoms with Crippen LogP contribution in [0.15, 0.2) is 104 Å². The molecular weight excluding hydrogens is 433 g/mol. The van der Waals surface area contributed by atoms with Crippen molar-refractivity contribution in [2.45, 2.75) is 0 Å². The molecule has 0 aliphatic carbocycles. The molecule has 0 unspecified atom stereocenters. The van der Waals surface area contributed by atoms with Crippen LogP contribution >= 0.6 is 0 Å². The summed E-state index contributed by atoms with van der Waals surface area (Å²) in [5.74, 6) is 0. The number of nitrogens with zero attached hydrogens (tertiary/aromatic N) is 4. The van der Waals surface area contributed by atoms with Crippen LogP contribution in [-0.4, -0.2) is 19.9 Å². The molecule has 0 aliphatic rings. The smallest absolute Gasteiger partial charge is 1.00 e. The molecule has 0 atom stereocenters. The second-order valence-corrected chi connectivity index (χ2v) is 3.90. The van der Waals surface area contributed by atoms with Crippen molar-refractivity contribution in [1.82, 2.24) is 19.9 Å². The van der Waals surface area contributed by atoms with Crippen molar-refractivity contribution in [3.63, 3.8) is 0 Å². The molecule has 4 rings (SSSR count). The largest absolute Gasteiger partial charge is 4.00 e. The second-order valence-electron chi connectivity index (χ2n) is 3.90. The molecule has 26 heavy (non-hydrogen) atoms. The van der Waals surface area contributed by atoms with Gasteiger partial charge in [0, 0.05) is 12.4 Å². The van der Waals surface area contributed by atoms with Crippen LogP contribution in [0.4, 0.5) is 0 Å². The Hall–Kier alpha value is -2.49. The molecular formula is C20H17ClN4Ru. The summed E-state index contributed by atoms with van der Waals surface area (Å²) < 4.78 is 0. The SMILES string of the molecule is [Cl-].[Ru+4].[c-]1ccccn1.[c-]1ccccn1.[c-]1ccccn1.c1ccncc1. The quantitative estimate of drug-likeness (QED) is 0.293. The van der Waals surface area contributed by atoms with E-state index in [1.807, 2.05) is 54.6 Å². The van der Waals surface area contributed by atoms with E-state index < -0.39 is 0 Å². The van der Waals surface area contributed by atoms with Crippen molar-refractivity contribution in [1.29, 1.82) is 0 Å². The van der Waals surface area contributed by atoms with E-state index in [1.54, 1.807) is 49.2 Å². The number of hydrogen-bond acceptors (Lipinski definition) is 4. The molecule has 6 heteroatoms. The minimum absolute atomic E-state index is 0.